The predicted octanol–water partition coefficient (Wildman–Crippen LogP) is 6.80. The zero-order valence-electron chi connectivity index (χ0n) is 24.0. The number of aryl methyl sites for hydroxylation is 1. The number of carbonyl (C=O) groups excluding carboxylic acids is 1. The van der Waals surface area contributed by atoms with Gasteiger partial charge in [-0.05, 0) is 17.0 Å². The molecule has 3 aromatic heterocycles. The molecule has 0 saturated heterocycles. The number of pyridine rings is 1. The second kappa shape index (κ2) is 9.92. The van der Waals surface area contributed by atoms with Crippen molar-refractivity contribution in [2.75, 3.05) is 6.54 Å². The first-order valence-electron chi connectivity index (χ1n) is 13.7. The van der Waals surface area contributed by atoms with E-state index in [1.54, 1.807) is 11.6 Å². The molecule has 0 bridgehead atoms. The van der Waals surface area contributed by atoms with Gasteiger partial charge in [0.2, 0.25) is 5.91 Å². The third-order valence-electron chi connectivity index (χ3n) is 8.26. The van der Waals surface area contributed by atoms with E-state index in [0.717, 1.165) is 35.0 Å². The van der Waals surface area contributed by atoms with Crippen LogP contribution < -0.4 is 0 Å². The number of hydrogen-bond acceptors (Lipinski definition) is 3. The highest BCUT2D eigenvalue weighted by Crippen LogP contribution is 2.63. The summed E-state index contributed by atoms with van der Waals surface area (Å²) in [5.74, 6) is 0.144. The summed E-state index contributed by atoms with van der Waals surface area (Å²) in [6.07, 6.45) is 9.20. The first kappa shape index (κ1) is 26.5. The fraction of sp³-hybridized carbons (Fsp3) is 0.452. The Morgan fingerprint density at radius 2 is 1.68 bits per heavy atom. The van der Waals surface area contributed by atoms with Crippen molar-refractivity contribution in [2.24, 2.45) is 7.05 Å². The van der Waals surface area contributed by atoms with Crippen LogP contribution in [0.15, 0.2) is 49.1 Å². The molecule has 4 heterocycles. The number of hydrogen-bond donors (Lipinski definition) is 0. The second-order valence-corrected chi connectivity index (χ2v) is 16.0. The van der Waals surface area contributed by atoms with E-state index >= 15 is 0 Å². The molecule has 7 heteroatoms. The maximum absolute atomic E-state index is 12.5. The molecule has 0 N–H and O–H groups in total. The Balaban J connectivity index is 1.75. The molecule has 0 aliphatic carbocycles. The zero-order chi connectivity index (χ0) is 27.4. The highest BCUT2D eigenvalue weighted by molar-refractivity contribution is 8.33. The summed E-state index contributed by atoms with van der Waals surface area (Å²) < 4.78 is 4.51. The van der Waals surface area contributed by atoms with E-state index in [2.05, 4.69) is 81.1 Å². The molecule has 1 aliphatic rings. The molecule has 4 aromatic rings. The Hall–Kier alpha value is -3.06. The van der Waals surface area contributed by atoms with Crippen LogP contribution in [0.1, 0.15) is 59.7 Å². The van der Waals surface area contributed by atoms with Gasteiger partial charge in [0, 0.05) is 95.6 Å². The van der Waals surface area contributed by atoms with E-state index in [9.17, 15) is 4.79 Å². The largest absolute Gasteiger partial charge is 0.338 e. The lowest BCUT2D eigenvalue weighted by molar-refractivity contribution is -0.129. The molecule has 1 aromatic carbocycles. The number of rotatable bonds is 6. The van der Waals surface area contributed by atoms with Gasteiger partial charge in [0.05, 0.1) is 11.9 Å². The fourth-order valence-corrected chi connectivity index (χ4v) is 12.2. The molecule has 6 nitrogen and oxygen atoms in total. The van der Waals surface area contributed by atoms with E-state index in [1.165, 1.54) is 22.4 Å². The topological polar surface area (TPSA) is 56.0 Å². The summed E-state index contributed by atoms with van der Waals surface area (Å²) in [6.45, 7) is 17.5. The van der Waals surface area contributed by atoms with Crippen LogP contribution >= 0.6 is 10.2 Å². The molecule has 0 spiro atoms. The fourth-order valence-electron chi connectivity index (χ4n) is 6.73. The molecule has 0 saturated carbocycles. The second-order valence-electron chi connectivity index (χ2n) is 11.4. The standard InChI is InChI=1S/C31H41N5OS/c1-20(2)38(21(3)4,22(5)6)36-19-28(29-18-35(23(7)37)13-12-31(29)36)26-11-9-10-24-14-30(32-16-27(24)26)25-15-33-34(8)17-25/h9-11,14-17,19-22H,12-13,18H2,1-8H3. The third-order valence-corrected chi connectivity index (χ3v) is 13.8. The molecule has 0 atom stereocenters. The van der Waals surface area contributed by atoms with Gasteiger partial charge >= 0.3 is 0 Å². The van der Waals surface area contributed by atoms with Gasteiger partial charge in [0.15, 0.2) is 0 Å². The molecular weight excluding hydrogens is 490 g/mol. The lowest BCUT2D eigenvalue weighted by Gasteiger charge is -2.53. The summed E-state index contributed by atoms with van der Waals surface area (Å²) in [5.41, 5.74) is 7.09. The Bertz CT molecular complexity index is 1470. The van der Waals surface area contributed by atoms with E-state index in [1.807, 2.05) is 30.5 Å². The van der Waals surface area contributed by atoms with E-state index in [-0.39, 0.29) is 5.91 Å². The van der Waals surface area contributed by atoms with Gasteiger partial charge in [-0.25, -0.2) is 0 Å². The molecule has 38 heavy (non-hydrogen) atoms. The van der Waals surface area contributed by atoms with Crippen molar-refractivity contribution in [3.63, 3.8) is 0 Å². The van der Waals surface area contributed by atoms with E-state index in [4.69, 9.17) is 4.98 Å². The third kappa shape index (κ3) is 4.15. The molecule has 0 unspecified atom stereocenters. The van der Waals surface area contributed by atoms with Crippen molar-refractivity contribution in [1.29, 1.82) is 0 Å². The average Bonchev–Trinajstić information content (AvgIpc) is 3.47. The minimum atomic E-state index is -1.20. The summed E-state index contributed by atoms with van der Waals surface area (Å²) in [6, 6.07) is 8.69. The lowest BCUT2D eigenvalue weighted by atomic mass is 9.95. The number of benzene rings is 1. The average molecular weight is 532 g/mol. The Kier molecular flexibility index (Phi) is 6.93. The highest BCUT2D eigenvalue weighted by atomic mass is 32.3. The molecule has 0 radical (unpaired) electrons. The molecule has 0 fully saturated rings. The van der Waals surface area contributed by atoms with Gasteiger partial charge in [-0.1, -0.05) is 59.7 Å². The van der Waals surface area contributed by atoms with Crippen molar-refractivity contribution in [3.05, 3.63) is 60.3 Å². The van der Waals surface area contributed by atoms with Gasteiger partial charge in [-0.2, -0.15) is 15.3 Å². The molecule has 5 rings (SSSR count). The van der Waals surface area contributed by atoms with Gasteiger partial charge in [0.25, 0.3) is 0 Å². The van der Waals surface area contributed by atoms with E-state index < -0.39 is 10.2 Å². The number of nitrogens with zero attached hydrogens (tertiary/aromatic N) is 5. The lowest BCUT2D eigenvalue weighted by Crippen LogP contribution is -2.38. The highest BCUT2D eigenvalue weighted by Gasteiger charge is 2.40. The quantitative estimate of drug-likeness (QED) is 0.275. The first-order chi connectivity index (χ1) is 18.0. The number of carbonyl (C=O) groups is 1. The summed E-state index contributed by atoms with van der Waals surface area (Å²) >= 11 is 0. The molecule has 1 amide bonds. The predicted molar refractivity (Wildman–Crippen MR) is 161 cm³/mol. The van der Waals surface area contributed by atoms with Gasteiger partial charge in [-0.3, -0.25) is 14.5 Å². The van der Waals surface area contributed by atoms with Crippen LogP contribution in [0.2, 0.25) is 0 Å². The van der Waals surface area contributed by atoms with Gasteiger partial charge in [-0.15, -0.1) is 0 Å². The van der Waals surface area contributed by atoms with E-state index in [0.29, 0.717) is 22.3 Å². The van der Waals surface area contributed by atoms with Crippen molar-refractivity contribution < 1.29 is 4.79 Å². The first-order valence-corrected chi connectivity index (χ1v) is 15.5. The maximum atomic E-state index is 12.5. The van der Waals surface area contributed by atoms with Crippen LogP contribution in [0, 0.1) is 0 Å². The smallest absolute Gasteiger partial charge is 0.219 e. The van der Waals surface area contributed by atoms with Gasteiger partial charge < -0.3 is 8.87 Å². The van der Waals surface area contributed by atoms with Crippen LogP contribution in [0.5, 0.6) is 0 Å². The Morgan fingerprint density at radius 1 is 0.974 bits per heavy atom. The minimum Gasteiger partial charge on any atom is -0.338 e. The summed E-state index contributed by atoms with van der Waals surface area (Å²) in [4.78, 5) is 19.3. The van der Waals surface area contributed by atoms with Crippen LogP contribution in [0.3, 0.4) is 0 Å². The molecule has 1 aliphatic heterocycles. The van der Waals surface area contributed by atoms with Crippen LogP contribution in [-0.2, 0) is 24.8 Å². The van der Waals surface area contributed by atoms with Crippen LogP contribution in [-0.4, -0.2) is 51.8 Å². The normalized spacial score (nSPS) is 14.7. The van der Waals surface area contributed by atoms with Gasteiger partial charge in [0.1, 0.15) is 0 Å². The monoisotopic (exact) mass is 531 g/mol. The Labute approximate surface area is 228 Å². The molecular formula is C31H41N5OS. The maximum Gasteiger partial charge on any atom is 0.219 e. The van der Waals surface area contributed by atoms with Crippen LogP contribution in [0.25, 0.3) is 33.2 Å². The number of fused-ring (bicyclic) bond motifs is 2. The van der Waals surface area contributed by atoms with Crippen molar-refractivity contribution in [3.8, 4) is 22.4 Å². The van der Waals surface area contributed by atoms with Crippen molar-refractivity contribution in [2.45, 2.75) is 77.2 Å². The summed E-state index contributed by atoms with van der Waals surface area (Å²) in [5, 5.41) is 8.23. The Morgan fingerprint density at radius 3 is 2.29 bits per heavy atom. The molecule has 202 valence electrons. The van der Waals surface area contributed by atoms with Crippen molar-refractivity contribution in [1.82, 2.24) is 23.6 Å². The summed E-state index contributed by atoms with van der Waals surface area (Å²) in [7, 11) is 0.728. The zero-order valence-corrected chi connectivity index (χ0v) is 24.8. The SMILES string of the molecule is CC(=O)N1CCc2c(c(-c3cccc4cc(-c5cnn(C)c5)ncc34)cn2S(C(C)C)(C(C)C)C(C)C)C1. The van der Waals surface area contributed by atoms with Crippen molar-refractivity contribution >= 4 is 26.9 Å². The number of amides is 1. The minimum absolute atomic E-state index is 0.144. The van der Waals surface area contributed by atoms with Crippen LogP contribution in [0.4, 0.5) is 0 Å². The number of aromatic nitrogens is 4.